The number of anilines is 1. The molecule has 2 aliphatic carbocycles. The van der Waals surface area contributed by atoms with Crippen molar-refractivity contribution in [2.24, 2.45) is 0 Å². The number of hydrogen-bond donors (Lipinski definition) is 1. The lowest BCUT2D eigenvalue weighted by atomic mass is 9.94. The first-order valence-electron chi connectivity index (χ1n) is 14.2. The van der Waals surface area contributed by atoms with E-state index >= 15 is 0 Å². The topological polar surface area (TPSA) is 52.5 Å². The molecule has 35 heavy (non-hydrogen) atoms. The molecule has 3 aliphatic rings. The van der Waals surface area contributed by atoms with Crippen LogP contribution in [0.5, 0.6) is 0 Å². The lowest BCUT2D eigenvalue weighted by molar-refractivity contribution is 0.148. The van der Waals surface area contributed by atoms with Crippen molar-refractivity contribution < 1.29 is 0 Å². The highest BCUT2D eigenvalue weighted by atomic mass is 32.1. The minimum Gasteiger partial charge on any atom is -0.344 e. The summed E-state index contributed by atoms with van der Waals surface area (Å²) >= 11 is 1.73. The SMILES string of the molecule is CN(CCCNCc1cccn1-c1nnc(N2CCN(C3CCCCC3)CC2)s1)C1CCCCC1. The first-order valence-corrected chi connectivity index (χ1v) is 15.0. The van der Waals surface area contributed by atoms with E-state index in [9.17, 15) is 0 Å². The summed E-state index contributed by atoms with van der Waals surface area (Å²) in [6.45, 7) is 7.57. The van der Waals surface area contributed by atoms with Crippen LogP contribution >= 0.6 is 11.3 Å². The maximum Gasteiger partial charge on any atom is 0.218 e. The van der Waals surface area contributed by atoms with Gasteiger partial charge in [-0.1, -0.05) is 49.9 Å². The molecule has 3 fully saturated rings. The zero-order valence-electron chi connectivity index (χ0n) is 21.7. The van der Waals surface area contributed by atoms with Crippen LogP contribution in [0, 0.1) is 0 Å². The van der Waals surface area contributed by atoms with Crippen molar-refractivity contribution in [2.75, 3.05) is 51.2 Å². The van der Waals surface area contributed by atoms with E-state index in [1.54, 1.807) is 11.3 Å². The third-order valence-electron chi connectivity index (χ3n) is 8.49. The zero-order chi connectivity index (χ0) is 23.9. The van der Waals surface area contributed by atoms with Crippen LogP contribution < -0.4 is 10.2 Å². The predicted octanol–water partition coefficient (Wildman–Crippen LogP) is 4.53. The highest BCUT2D eigenvalue weighted by molar-refractivity contribution is 7.17. The average Bonchev–Trinajstić information content (AvgIpc) is 3.59. The van der Waals surface area contributed by atoms with E-state index in [4.69, 9.17) is 0 Å². The van der Waals surface area contributed by atoms with Gasteiger partial charge in [0, 0.05) is 56.7 Å². The van der Waals surface area contributed by atoms with Gasteiger partial charge in [0.05, 0.1) is 0 Å². The van der Waals surface area contributed by atoms with Crippen molar-refractivity contribution in [3.63, 3.8) is 0 Å². The summed E-state index contributed by atoms with van der Waals surface area (Å²) in [5, 5.41) is 14.8. The molecule has 0 unspecified atom stereocenters. The molecule has 2 aromatic heterocycles. The van der Waals surface area contributed by atoms with Gasteiger partial charge in [0.2, 0.25) is 10.3 Å². The van der Waals surface area contributed by atoms with Gasteiger partial charge in [-0.25, -0.2) is 0 Å². The third kappa shape index (κ3) is 6.64. The van der Waals surface area contributed by atoms with Gasteiger partial charge in [-0.2, -0.15) is 0 Å². The smallest absolute Gasteiger partial charge is 0.218 e. The molecule has 1 saturated heterocycles. The summed E-state index contributed by atoms with van der Waals surface area (Å²) in [6.07, 6.45) is 17.4. The molecule has 2 aromatic rings. The van der Waals surface area contributed by atoms with E-state index in [1.165, 1.54) is 82.9 Å². The van der Waals surface area contributed by atoms with Gasteiger partial charge >= 0.3 is 0 Å². The Hall–Kier alpha value is -1.48. The Morgan fingerprint density at radius 2 is 1.66 bits per heavy atom. The fraction of sp³-hybridized carbons (Fsp3) is 0.778. The van der Waals surface area contributed by atoms with Crippen LogP contribution in [-0.2, 0) is 6.54 Å². The van der Waals surface area contributed by atoms with Crippen molar-refractivity contribution >= 4 is 16.5 Å². The van der Waals surface area contributed by atoms with E-state index < -0.39 is 0 Å². The van der Waals surface area contributed by atoms with E-state index in [0.717, 1.165) is 61.6 Å². The van der Waals surface area contributed by atoms with Crippen LogP contribution in [0.15, 0.2) is 18.3 Å². The van der Waals surface area contributed by atoms with E-state index in [1.807, 2.05) is 0 Å². The summed E-state index contributed by atoms with van der Waals surface area (Å²) in [6, 6.07) is 5.95. The van der Waals surface area contributed by atoms with Crippen LogP contribution in [0.4, 0.5) is 5.13 Å². The Labute approximate surface area is 215 Å². The standard InChI is InChI=1S/C27H45N7S/c1-31(23-10-4-2-5-11-23)16-9-15-28-22-25-14-8-17-34(25)27-30-29-26(35-27)33-20-18-32(19-21-33)24-12-6-3-7-13-24/h8,14,17,23-24,28H,2-7,9-13,15-16,18-22H2,1H3. The molecule has 194 valence electrons. The summed E-state index contributed by atoms with van der Waals surface area (Å²) in [5.74, 6) is 0. The van der Waals surface area contributed by atoms with Gasteiger partial charge in [-0.05, 0) is 64.4 Å². The highest BCUT2D eigenvalue weighted by Gasteiger charge is 2.26. The molecule has 1 N–H and O–H groups in total. The molecule has 0 radical (unpaired) electrons. The van der Waals surface area contributed by atoms with Gasteiger partial charge in [0.1, 0.15) is 0 Å². The minimum absolute atomic E-state index is 0.808. The molecule has 0 bridgehead atoms. The summed E-state index contributed by atoms with van der Waals surface area (Å²) in [5.41, 5.74) is 1.26. The van der Waals surface area contributed by atoms with Crippen LogP contribution in [0.1, 0.15) is 76.3 Å². The van der Waals surface area contributed by atoms with Gasteiger partial charge in [-0.3, -0.25) is 9.47 Å². The van der Waals surface area contributed by atoms with Crippen molar-refractivity contribution in [1.82, 2.24) is 29.9 Å². The lowest BCUT2D eigenvalue weighted by Gasteiger charge is -2.40. The van der Waals surface area contributed by atoms with Gasteiger partial charge < -0.3 is 15.1 Å². The number of nitrogens with zero attached hydrogens (tertiary/aromatic N) is 6. The van der Waals surface area contributed by atoms with Crippen LogP contribution in [0.3, 0.4) is 0 Å². The normalized spacial score (nSPS) is 21.3. The van der Waals surface area contributed by atoms with Gasteiger partial charge in [0.25, 0.3) is 0 Å². The molecule has 8 heteroatoms. The largest absolute Gasteiger partial charge is 0.344 e. The molecule has 5 rings (SSSR count). The quantitative estimate of drug-likeness (QED) is 0.485. The second-order valence-electron chi connectivity index (χ2n) is 10.9. The van der Waals surface area contributed by atoms with Crippen molar-refractivity contribution in [3.05, 3.63) is 24.0 Å². The maximum atomic E-state index is 4.58. The maximum absolute atomic E-state index is 4.58. The zero-order valence-corrected chi connectivity index (χ0v) is 22.5. The first kappa shape index (κ1) is 25.2. The molecule has 7 nitrogen and oxygen atoms in total. The summed E-state index contributed by atoms with van der Waals surface area (Å²) in [4.78, 5) is 7.74. The molecule has 1 aliphatic heterocycles. The molecule has 2 saturated carbocycles. The van der Waals surface area contributed by atoms with Gasteiger partial charge in [-0.15, -0.1) is 10.2 Å². The van der Waals surface area contributed by atoms with E-state index in [-0.39, 0.29) is 0 Å². The minimum atomic E-state index is 0.808. The van der Waals surface area contributed by atoms with E-state index in [0.29, 0.717) is 0 Å². The third-order valence-corrected chi connectivity index (χ3v) is 9.47. The van der Waals surface area contributed by atoms with Crippen LogP contribution in [0.2, 0.25) is 0 Å². The Morgan fingerprint density at radius 3 is 2.43 bits per heavy atom. The summed E-state index contributed by atoms with van der Waals surface area (Å²) in [7, 11) is 2.31. The molecular weight excluding hydrogens is 454 g/mol. The first-order chi connectivity index (χ1) is 17.3. The second kappa shape index (κ2) is 12.7. The molecule has 0 amide bonds. The number of aromatic nitrogens is 3. The van der Waals surface area contributed by atoms with Gasteiger partial charge in [0.15, 0.2) is 0 Å². The molecule has 0 aromatic carbocycles. The molecular formula is C27H45N7S. The predicted molar refractivity (Wildman–Crippen MR) is 146 cm³/mol. The summed E-state index contributed by atoms with van der Waals surface area (Å²) < 4.78 is 2.21. The average molecular weight is 500 g/mol. The number of rotatable bonds is 10. The fourth-order valence-corrected chi connectivity index (χ4v) is 7.19. The molecule has 3 heterocycles. The van der Waals surface area contributed by atoms with Crippen LogP contribution in [0.25, 0.3) is 5.13 Å². The molecule has 0 spiro atoms. The second-order valence-corrected chi connectivity index (χ2v) is 11.8. The number of hydrogen-bond acceptors (Lipinski definition) is 7. The van der Waals surface area contributed by atoms with Crippen molar-refractivity contribution in [2.45, 2.75) is 89.3 Å². The molecule has 0 atom stereocenters. The number of piperazine rings is 1. The highest BCUT2D eigenvalue weighted by Crippen LogP contribution is 2.28. The Balaban J connectivity index is 1.06. The van der Waals surface area contributed by atoms with Crippen molar-refractivity contribution in [3.8, 4) is 5.13 Å². The Bertz CT molecular complexity index is 876. The fourth-order valence-electron chi connectivity index (χ4n) is 6.28. The van der Waals surface area contributed by atoms with E-state index in [2.05, 4.69) is 60.2 Å². The number of nitrogens with one attached hydrogen (secondary N) is 1. The Kier molecular flexibility index (Phi) is 9.11. The van der Waals surface area contributed by atoms with Crippen molar-refractivity contribution in [1.29, 1.82) is 0 Å². The Morgan fingerprint density at radius 1 is 0.943 bits per heavy atom. The monoisotopic (exact) mass is 499 g/mol. The van der Waals surface area contributed by atoms with Crippen LogP contribution in [-0.4, -0.2) is 83.0 Å². The lowest BCUT2D eigenvalue weighted by Crippen LogP contribution is -2.50.